The van der Waals surface area contributed by atoms with Crippen molar-refractivity contribution in [1.82, 2.24) is 0 Å². The van der Waals surface area contributed by atoms with Gasteiger partial charge in [-0.2, -0.15) is 0 Å². The summed E-state index contributed by atoms with van der Waals surface area (Å²) in [6, 6.07) is 0. The highest BCUT2D eigenvalue weighted by atomic mass is 16.6. The first-order valence-corrected chi connectivity index (χ1v) is 8.76. The number of carboxylic acids is 1. The summed E-state index contributed by atoms with van der Waals surface area (Å²) < 4.78 is 6.00. The van der Waals surface area contributed by atoms with Crippen LogP contribution in [0.2, 0.25) is 0 Å². The number of hydrogen-bond acceptors (Lipinski definition) is 3. The van der Waals surface area contributed by atoms with E-state index in [1.807, 2.05) is 0 Å². The molecule has 0 heterocycles. The van der Waals surface area contributed by atoms with Gasteiger partial charge in [-0.15, -0.1) is 0 Å². The summed E-state index contributed by atoms with van der Waals surface area (Å²) in [4.78, 5) is 22.9. The number of aliphatic carboxylic acids is 1. The standard InChI is InChI=1S/C19H28O4/c1-12(2)18-8-13-7-14(9-18)11-19(10-13,17(18,3)4)23-16(22)6-5-15(20)21/h5-6,12-14H,7-11H2,1-4H3,(H,20,21)/b6-5+. The van der Waals surface area contributed by atoms with E-state index in [9.17, 15) is 9.59 Å². The summed E-state index contributed by atoms with van der Waals surface area (Å²) in [5.74, 6) is 0.186. The summed E-state index contributed by atoms with van der Waals surface area (Å²) in [7, 11) is 0. The second kappa shape index (κ2) is 5.09. The topological polar surface area (TPSA) is 63.6 Å². The molecule has 0 amide bonds. The van der Waals surface area contributed by atoms with E-state index in [-0.39, 0.29) is 10.8 Å². The highest BCUT2D eigenvalue weighted by Gasteiger charge is 2.70. The summed E-state index contributed by atoms with van der Waals surface area (Å²) in [6.45, 7) is 9.13. The fourth-order valence-corrected chi connectivity index (χ4v) is 6.32. The molecule has 0 radical (unpaired) electrons. The highest BCUT2D eigenvalue weighted by molar-refractivity contribution is 5.91. The van der Waals surface area contributed by atoms with Crippen LogP contribution in [0.25, 0.3) is 0 Å². The fourth-order valence-electron chi connectivity index (χ4n) is 6.32. The van der Waals surface area contributed by atoms with Crippen LogP contribution in [0.3, 0.4) is 0 Å². The summed E-state index contributed by atoms with van der Waals surface area (Å²) >= 11 is 0. The lowest BCUT2D eigenvalue weighted by molar-refractivity contribution is -0.276. The Labute approximate surface area is 138 Å². The van der Waals surface area contributed by atoms with Crippen LogP contribution in [0.15, 0.2) is 12.2 Å². The lowest BCUT2D eigenvalue weighted by Gasteiger charge is -2.71. The van der Waals surface area contributed by atoms with Crippen molar-refractivity contribution in [2.75, 3.05) is 0 Å². The molecular weight excluding hydrogens is 292 g/mol. The zero-order chi connectivity index (χ0) is 17.0. The summed E-state index contributed by atoms with van der Waals surface area (Å²) in [5, 5.41) is 8.71. The molecule has 4 aliphatic carbocycles. The monoisotopic (exact) mass is 320 g/mol. The molecule has 0 aromatic heterocycles. The highest BCUT2D eigenvalue weighted by Crippen LogP contribution is 2.73. The molecule has 0 aromatic rings. The molecule has 0 aromatic carbocycles. The SMILES string of the molecule is CC(C)C12CC3CC(CC(OC(=O)/C=C/C(=O)O)(C3)C1(C)C)C2. The minimum absolute atomic E-state index is 0.0890. The number of rotatable bonds is 4. The van der Waals surface area contributed by atoms with Gasteiger partial charge in [-0.05, 0) is 55.3 Å². The normalized spacial score (nSPS) is 40.7. The van der Waals surface area contributed by atoms with E-state index in [0.29, 0.717) is 17.8 Å². The maximum Gasteiger partial charge on any atom is 0.331 e. The van der Waals surface area contributed by atoms with Gasteiger partial charge in [0.05, 0.1) is 0 Å². The van der Waals surface area contributed by atoms with E-state index in [1.54, 1.807) is 0 Å². The fraction of sp³-hybridized carbons (Fsp3) is 0.789. The number of esters is 1. The van der Waals surface area contributed by atoms with Gasteiger partial charge in [0, 0.05) is 17.6 Å². The Kier molecular flexibility index (Phi) is 3.66. The molecular formula is C19H28O4. The average molecular weight is 320 g/mol. The molecule has 2 unspecified atom stereocenters. The number of carboxylic acid groups (broad SMARTS) is 1. The number of ether oxygens (including phenoxy) is 1. The van der Waals surface area contributed by atoms with Gasteiger partial charge in [-0.3, -0.25) is 0 Å². The third-order valence-electron chi connectivity index (χ3n) is 7.36. The van der Waals surface area contributed by atoms with Crippen molar-refractivity contribution in [2.45, 2.75) is 65.4 Å². The van der Waals surface area contributed by atoms with Crippen LogP contribution in [0.5, 0.6) is 0 Å². The zero-order valence-corrected chi connectivity index (χ0v) is 14.6. The van der Waals surface area contributed by atoms with E-state index in [4.69, 9.17) is 9.84 Å². The minimum Gasteiger partial charge on any atom is -0.478 e. The van der Waals surface area contributed by atoms with Gasteiger partial charge < -0.3 is 9.84 Å². The lowest BCUT2D eigenvalue weighted by Crippen LogP contribution is -2.69. The third-order valence-corrected chi connectivity index (χ3v) is 7.36. The Bertz CT molecular complexity index is 544. The molecule has 4 saturated carbocycles. The van der Waals surface area contributed by atoms with Gasteiger partial charge >= 0.3 is 11.9 Å². The molecule has 0 saturated heterocycles. The van der Waals surface area contributed by atoms with Crippen molar-refractivity contribution >= 4 is 11.9 Å². The molecule has 4 rings (SSSR count). The molecule has 128 valence electrons. The molecule has 0 spiro atoms. The summed E-state index contributed by atoms with van der Waals surface area (Å²) in [6.07, 6.45) is 7.51. The molecule has 2 atom stereocenters. The molecule has 23 heavy (non-hydrogen) atoms. The molecule has 4 aliphatic rings. The van der Waals surface area contributed by atoms with Gasteiger partial charge in [0.2, 0.25) is 0 Å². The Morgan fingerprint density at radius 2 is 1.65 bits per heavy atom. The van der Waals surface area contributed by atoms with E-state index in [1.165, 1.54) is 19.3 Å². The molecule has 1 N–H and O–H groups in total. The number of carbonyl (C=O) groups is 2. The van der Waals surface area contributed by atoms with Crippen molar-refractivity contribution in [1.29, 1.82) is 0 Å². The zero-order valence-electron chi connectivity index (χ0n) is 14.6. The van der Waals surface area contributed by atoms with Crippen LogP contribution in [-0.4, -0.2) is 22.6 Å². The molecule has 4 bridgehead atoms. The molecule has 4 fully saturated rings. The second-order valence-electron chi connectivity index (χ2n) is 8.81. The smallest absolute Gasteiger partial charge is 0.331 e. The first kappa shape index (κ1) is 16.5. The van der Waals surface area contributed by atoms with Crippen LogP contribution in [-0.2, 0) is 14.3 Å². The number of carbonyl (C=O) groups excluding carboxylic acids is 1. The first-order valence-electron chi connectivity index (χ1n) is 8.76. The van der Waals surface area contributed by atoms with Gasteiger partial charge in [-0.25, -0.2) is 9.59 Å². The maximum absolute atomic E-state index is 12.2. The van der Waals surface area contributed by atoms with Crippen LogP contribution in [0.1, 0.15) is 59.8 Å². The van der Waals surface area contributed by atoms with Crippen molar-refractivity contribution in [3.8, 4) is 0 Å². The van der Waals surface area contributed by atoms with E-state index in [0.717, 1.165) is 25.0 Å². The van der Waals surface area contributed by atoms with Gasteiger partial charge in [0.15, 0.2) is 0 Å². The minimum atomic E-state index is -1.12. The molecule has 0 aliphatic heterocycles. The Morgan fingerprint density at radius 3 is 2.13 bits per heavy atom. The van der Waals surface area contributed by atoms with Gasteiger partial charge in [0.1, 0.15) is 5.60 Å². The number of hydrogen-bond donors (Lipinski definition) is 1. The third kappa shape index (κ3) is 2.25. The Balaban J connectivity index is 1.94. The van der Waals surface area contributed by atoms with Crippen molar-refractivity contribution < 1.29 is 19.4 Å². The van der Waals surface area contributed by atoms with Crippen molar-refractivity contribution in [2.24, 2.45) is 28.6 Å². The quantitative estimate of drug-likeness (QED) is 0.632. The van der Waals surface area contributed by atoms with Crippen LogP contribution in [0.4, 0.5) is 0 Å². The van der Waals surface area contributed by atoms with Crippen molar-refractivity contribution in [3.05, 3.63) is 12.2 Å². The van der Waals surface area contributed by atoms with Crippen molar-refractivity contribution in [3.63, 3.8) is 0 Å². The van der Waals surface area contributed by atoms with Crippen LogP contribution < -0.4 is 0 Å². The Morgan fingerprint density at radius 1 is 1.09 bits per heavy atom. The maximum atomic E-state index is 12.2. The first-order chi connectivity index (χ1) is 10.6. The predicted molar refractivity (Wildman–Crippen MR) is 86.7 cm³/mol. The van der Waals surface area contributed by atoms with E-state index >= 15 is 0 Å². The van der Waals surface area contributed by atoms with Gasteiger partial charge in [-0.1, -0.05) is 27.7 Å². The largest absolute Gasteiger partial charge is 0.478 e. The predicted octanol–water partition coefficient (Wildman–Crippen LogP) is 3.80. The van der Waals surface area contributed by atoms with E-state index in [2.05, 4.69) is 27.7 Å². The Hall–Kier alpha value is -1.32. The van der Waals surface area contributed by atoms with Crippen LogP contribution >= 0.6 is 0 Å². The average Bonchev–Trinajstić information content (AvgIpc) is 2.42. The van der Waals surface area contributed by atoms with E-state index < -0.39 is 17.5 Å². The summed E-state index contributed by atoms with van der Waals surface area (Å²) in [5.41, 5.74) is -0.316. The molecule has 4 nitrogen and oxygen atoms in total. The second-order valence-corrected chi connectivity index (χ2v) is 8.81. The molecule has 4 heteroatoms. The van der Waals surface area contributed by atoms with Gasteiger partial charge in [0.25, 0.3) is 0 Å². The van der Waals surface area contributed by atoms with Crippen LogP contribution in [0, 0.1) is 28.6 Å². The lowest BCUT2D eigenvalue weighted by atomic mass is 9.35.